The van der Waals surface area contributed by atoms with Crippen molar-refractivity contribution in [1.29, 1.82) is 0 Å². The van der Waals surface area contributed by atoms with Crippen LogP contribution in [0, 0.1) is 10.7 Å². The highest BCUT2D eigenvalue weighted by Gasteiger charge is 2.40. The van der Waals surface area contributed by atoms with E-state index in [-0.39, 0.29) is 5.41 Å². The molecule has 3 N–H and O–H groups in total. The number of hydrogen-bond donors (Lipinski definition) is 2. The van der Waals surface area contributed by atoms with E-state index in [1.165, 1.54) is 25.7 Å². The van der Waals surface area contributed by atoms with Gasteiger partial charge in [-0.15, -0.1) is 0 Å². The van der Waals surface area contributed by atoms with E-state index in [1.807, 2.05) is 0 Å². The third kappa shape index (κ3) is 1.88. The Labute approximate surface area is 101 Å². The third-order valence-corrected chi connectivity index (χ3v) is 3.83. The highest BCUT2D eigenvalue weighted by Crippen LogP contribution is 2.44. The second-order valence-electron chi connectivity index (χ2n) is 5.31. The lowest BCUT2D eigenvalue weighted by Crippen LogP contribution is -2.31. The molecule has 1 aromatic heterocycles. The van der Waals surface area contributed by atoms with Gasteiger partial charge in [0.1, 0.15) is 0 Å². The molecule has 1 heterocycles. The minimum atomic E-state index is 0.149. The summed E-state index contributed by atoms with van der Waals surface area (Å²) < 4.78 is 2.08. The summed E-state index contributed by atoms with van der Waals surface area (Å²) in [6.07, 6.45) is 6.05. The van der Waals surface area contributed by atoms with Gasteiger partial charge in [0, 0.05) is 5.41 Å². The number of H-pyrrole nitrogens is 1. The molecule has 0 bridgehead atoms. The topological polar surface area (TPSA) is 59.6 Å². The first-order valence-electron chi connectivity index (χ1n) is 5.98. The maximum absolute atomic E-state index is 5.96. The number of aromatic nitrogens is 3. The molecule has 0 unspecified atom stereocenters. The first-order valence-corrected chi connectivity index (χ1v) is 6.39. The van der Waals surface area contributed by atoms with Crippen LogP contribution in [0.5, 0.6) is 0 Å². The Bertz CT molecular complexity index is 412. The van der Waals surface area contributed by atoms with Gasteiger partial charge in [-0.05, 0) is 37.4 Å². The van der Waals surface area contributed by atoms with Crippen molar-refractivity contribution in [2.24, 2.45) is 5.92 Å². The largest absolute Gasteiger partial charge is 0.335 e. The molecular weight excluding hydrogens is 220 g/mol. The Hall–Kier alpha value is -0.840. The van der Waals surface area contributed by atoms with Gasteiger partial charge in [-0.2, -0.15) is 5.10 Å². The van der Waals surface area contributed by atoms with E-state index in [9.17, 15) is 0 Å². The quantitative estimate of drug-likeness (QED) is 0.630. The van der Waals surface area contributed by atoms with E-state index in [4.69, 9.17) is 18.1 Å². The summed E-state index contributed by atoms with van der Waals surface area (Å²) in [4.78, 5) is 0. The number of nitrogens with zero attached hydrogens (tertiary/aromatic N) is 2. The summed E-state index contributed by atoms with van der Waals surface area (Å²) >= 11 is 5.09. The predicted molar refractivity (Wildman–Crippen MR) is 67.2 cm³/mol. The van der Waals surface area contributed by atoms with E-state index in [0.29, 0.717) is 10.7 Å². The van der Waals surface area contributed by atoms with Gasteiger partial charge in [0.15, 0.2) is 5.82 Å². The number of nitrogen functional groups attached to an aromatic ring is 1. The van der Waals surface area contributed by atoms with Crippen LogP contribution in [0.15, 0.2) is 0 Å². The normalized spacial score (nSPS) is 19.4. The van der Waals surface area contributed by atoms with Gasteiger partial charge in [-0.25, -0.2) is 4.68 Å². The third-order valence-electron chi connectivity index (χ3n) is 3.54. The van der Waals surface area contributed by atoms with Crippen LogP contribution in [0.3, 0.4) is 0 Å². The zero-order valence-corrected chi connectivity index (χ0v) is 10.8. The average molecular weight is 240 g/mol. The monoisotopic (exact) mass is 240 g/mol. The highest BCUT2D eigenvalue weighted by molar-refractivity contribution is 7.71. The Kier molecular flexibility index (Phi) is 3.06. The average Bonchev–Trinajstić information content (AvgIpc) is 2.76. The molecule has 5 heteroatoms. The molecule has 0 aromatic carbocycles. The fourth-order valence-electron chi connectivity index (χ4n) is 3.03. The van der Waals surface area contributed by atoms with Crippen molar-refractivity contribution in [2.45, 2.75) is 51.4 Å². The summed E-state index contributed by atoms with van der Waals surface area (Å²) in [6.45, 7) is 4.50. The van der Waals surface area contributed by atoms with Crippen LogP contribution in [-0.4, -0.2) is 14.9 Å². The zero-order chi connectivity index (χ0) is 11.8. The van der Waals surface area contributed by atoms with E-state index >= 15 is 0 Å². The first kappa shape index (κ1) is 11.6. The molecule has 4 nitrogen and oxygen atoms in total. The lowest BCUT2D eigenvalue weighted by atomic mass is 9.78. The van der Waals surface area contributed by atoms with Crippen molar-refractivity contribution in [3.05, 3.63) is 10.6 Å². The summed E-state index contributed by atoms with van der Waals surface area (Å²) in [7, 11) is 0. The smallest absolute Gasteiger partial charge is 0.214 e. The number of rotatable bonds is 3. The van der Waals surface area contributed by atoms with E-state index in [0.717, 1.165) is 12.2 Å². The fraction of sp³-hybridized carbons (Fsp3) is 0.818. The lowest BCUT2D eigenvalue weighted by molar-refractivity contribution is 0.322. The fourth-order valence-corrected chi connectivity index (χ4v) is 3.16. The maximum atomic E-state index is 5.96. The van der Waals surface area contributed by atoms with Crippen LogP contribution in [-0.2, 0) is 5.41 Å². The molecule has 0 spiro atoms. The predicted octanol–water partition coefficient (Wildman–Crippen LogP) is 2.51. The molecule has 90 valence electrons. The molecule has 0 atom stereocenters. The molecule has 0 aliphatic heterocycles. The molecule has 0 saturated heterocycles. The Morgan fingerprint density at radius 3 is 2.56 bits per heavy atom. The summed E-state index contributed by atoms with van der Waals surface area (Å²) in [6, 6.07) is 0. The van der Waals surface area contributed by atoms with Crippen LogP contribution < -0.4 is 5.84 Å². The highest BCUT2D eigenvalue weighted by atomic mass is 32.1. The van der Waals surface area contributed by atoms with Crippen molar-refractivity contribution >= 4 is 12.2 Å². The standard InChI is InChI=1S/C11H20N4S/c1-8(2)7-11(5-3-4-6-11)9-13-14-10(16)15(9)12/h8H,3-7,12H2,1-2H3,(H,14,16). The molecule has 1 fully saturated rings. The summed E-state index contributed by atoms with van der Waals surface area (Å²) in [5.41, 5.74) is 0.149. The van der Waals surface area contributed by atoms with Crippen LogP contribution >= 0.6 is 12.2 Å². The summed E-state index contributed by atoms with van der Waals surface area (Å²) in [5.74, 6) is 7.57. The van der Waals surface area contributed by atoms with Gasteiger partial charge < -0.3 is 5.84 Å². The van der Waals surface area contributed by atoms with Gasteiger partial charge in [0.05, 0.1) is 0 Å². The molecule has 1 saturated carbocycles. The minimum Gasteiger partial charge on any atom is -0.335 e. The minimum absolute atomic E-state index is 0.149. The summed E-state index contributed by atoms with van der Waals surface area (Å²) in [5, 5.41) is 7.15. The molecule has 16 heavy (non-hydrogen) atoms. The van der Waals surface area contributed by atoms with Crippen molar-refractivity contribution in [3.63, 3.8) is 0 Å². The number of nitrogens with one attached hydrogen (secondary N) is 1. The Morgan fingerprint density at radius 1 is 1.50 bits per heavy atom. The molecule has 2 rings (SSSR count). The molecule has 1 aromatic rings. The molecule has 1 aliphatic rings. The van der Waals surface area contributed by atoms with Crippen molar-refractivity contribution in [1.82, 2.24) is 14.9 Å². The van der Waals surface area contributed by atoms with Crippen molar-refractivity contribution in [2.75, 3.05) is 5.84 Å². The lowest BCUT2D eigenvalue weighted by Gasteiger charge is -2.29. The van der Waals surface area contributed by atoms with Crippen LogP contribution in [0.1, 0.15) is 51.8 Å². The molecular formula is C11H20N4S. The van der Waals surface area contributed by atoms with Gasteiger partial charge in [0.25, 0.3) is 0 Å². The van der Waals surface area contributed by atoms with Crippen molar-refractivity contribution < 1.29 is 0 Å². The second kappa shape index (κ2) is 4.20. The number of hydrogen-bond acceptors (Lipinski definition) is 3. The maximum Gasteiger partial charge on any atom is 0.214 e. The van der Waals surface area contributed by atoms with E-state index in [2.05, 4.69) is 24.0 Å². The Morgan fingerprint density at radius 2 is 2.12 bits per heavy atom. The van der Waals surface area contributed by atoms with Crippen LogP contribution in [0.4, 0.5) is 0 Å². The van der Waals surface area contributed by atoms with Crippen LogP contribution in [0.2, 0.25) is 0 Å². The van der Waals surface area contributed by atoms with Gasteiger partial charge >= 0.3 is 0 Å². The van der Waals surface area contributed by atoms with Gasteiger partial charge in [-0.1, -0.05) is 26.7 Å². The Balaban J connectivity index is 2.39. The van der Waals surface area contributed by atoms with E-state index in [1.54, 1.807) is 4.68 Å². The second-order valence-corrected chi connectivity index (χ2v) is 5.69. The SMILES string of the molecule is CC(C)CC1(c2n[nH]c(=S)n2N)CCCC1. The molecule has 0 radical (unpaired) electrons. The van der Waals surface area contributed by atoms with E-state index < -0.39 is 0 Å². The first-order chi connectivity index (χ1) is 7.55. The van der Waals surface area contributed by atoms with Crippen molar-refractivity contribution in [3.8, 4) is 0 Å². The molecule has 0 amide bonds. The van der Waals surface area contributed by atoms with Crippen LogP contribution in [0.25, 0.3) is 0 Å². The van der Waals surface area contributed by atoms with Gasteiger partial charge in [-0.3, -0.25) is 5.10 Å². The number of aromatic amines is 1. The number of nitrogens with two attached hydrogens (primary N) is 1. The van der Waals surface area contributed by atoms with Gasteiger partial charge in [0.2, 0.25) is 4.77 Å². The molecule has 1 aliphatic carbocycles. The zero-order valence-electron chi connectivity index (χ0n) is 9.99.